The van der Waals surface area contributed by atoms with Crippen LogP contribution in [0.15, 0.2) is 54.6 Å². The fourth-order valence-electron chi connectivity index (χ4n) is 5.56. The number of ether oxygens (including phenoxy) is 1. The fourth-order valence-corrected chi connectivity index (χ4v) is 5.56. The summed E-state index contributed by atoms with van der Waals surface area (Å²) >= 11 is 0. The first-order valence-electron chi connectivity index (χ1n) is 11.7. The van der Waals surface area contributed by atoms with Gasteiger partial charge in [-0.3, -0.25) is 0 Å². The van der Waals surface area contributed by atoms with E-state index in [9.17, 15) is 5.11 Å². The lowest BCUT2D eigenvalue weighted by molar-refractivity contribution is -0.0241. The van der Waals surface area contributed by atoms with Crippen molar-refractivity contribution < 1.29 is 9.84 Å². The molecule has 0 radical (unpaired) electrons. The molecule has 1 aliphatic carbocycles. The number of aromatic nitrogens is 1. The molecule has 0 bridgehead atoms. The molecule has 3 nitrogen and oxygen atoms in total. The Balaban J connectivity index is 1.57. The van der Waals surface area contributed by atoms with E-state index in [4.69, 9.17) is 9.72 Å². The largest absolute Gasteiger partial charge is 0.487 e. The average Bonchev–Trinajstić information content (AvgIpc) is 2.74. The second-order valence-corrected chi connectivity index (χ2v) is 10.1. The molecule has 3 aromatic rings. The van der Waals surface area contributed by atoms with Gasteiger partial charge in [0, 0.05) is 10.8 Å². The van der Waals surface area contributed by atoms with Gasteiger partial charge in [0.2, 0.25) is 0 Å². The van der Waals surface area contributed by atoms with E-state index in [1.807, 2.05) is 36.4 Å². The van der Waals surface area contributed by atoms with E-state index < -0.39 is 6.10 Å². The van der Waals surface area contributed by atoms with Crippen LogP contribution in [0.1, 0.15) is 69.9 Å². The SMILES string of the molecule is CC(C)CC1(CC(C)C)CCc2c(OCc3ccc4ccccc4n3)cccc2C1O. The highest BCUT2D eigenvalue weighted by Crippen LogP contribution is 2.53. The molecule has 1 unspecified atom stereocenters. The van der Waals surface area contributed by atoms with Crippen molar-refractivity contribution in [3.05, 3.63) is 71.4 Å². The first-order valence-corrected chi connectivity index (χ1v) is 11.7. The lowest BCUT2D eigenvalue weighted by Gasteiger charge is -2.45. The Labute approximate surface area is 186 Å². The third kappa shape index (κ3) is 4.62. The minimum Gasteiger partial charge on any atom is -0.487 e. The summed E-state index contributed by atoms with van der Waals surface area (Å²) in [5.41, 5.74) is 4.08. The average molecular weight is 418 g/mol. The van der Waals surface area contributed by atoms with Crippen molar-refractivity contribution >= 4 is 10.9 Å². The normalized spacial score (nSPS) is 17.8. The molecule has 1 aromatic heterocycles. The maximum absolute atomic E-state index is 11.5. The molecule has 0 aliphatic heterocycles. The first kappa shape index (κ1) is 21.8. The number of aliphatic hydroxyl groups is 1. The molecule has 1 N–H and O–H groups in total. The zero-order chi connectivity index (χ0) is 22.0. The topological polar surface area (TPSA) is 42.4 Å². The molecule has 0 fully saturated rings. The number of benzene rings is 2. The highest BCUT2D eigenvalue weighted by Gasteiger charge is 2.43. The van der Waals surface area contributed by atoms with Crippen molar-refractivity contribution in [1.82, 2.24) is 4.98 Å². The van der Waals surface area contributed by atoms with E-state index in [0.29, 0.717) is 18.4 Å². The summed E-state index contributed by atoms with van der Waals surface area (Å²) in [6.45, 7) is 9.49. The Morgan fingerprint density at radius 2 is 1.71 bits per heavy atom. The van der Waals surface area contributed by atoms with E-state index in [-0.39, 0.29) is 5.41 Å². The van der Waals surface area contributed by atoms with Crippen LogP contribution >= 0.6 is 0 Å². The lowest BCUT2D eigenvalue weighted by atomic mass is 9.62. The number of hydrogen-bond acceptors (Lipinski definition) is 3. The highest BCUT2D eigenvalue weighted by molar-refractivity contribution is 5.78. The van der Waals surface area contributed by atoms with Crippen molar-refractivity contribution in [2.45, 2.75) is 66.1 Å². The van der Waals surface area contributed by atoms with Crippen molar-refractivity contribution in [1.29, 1.82) is 0 Å². The Morgan fingerprint density at radius 1 is 0.968 bits per heavy atom. The summed E-state index contributed by atoms with van der Waals surface area (Å²) in [6, 6.07) is 18.4. The zero-order valence-electron chi connectivity index (χ0n) is 19.3. The number of rotatable bonds is 7. The Hall–Kier alpha value is -2.39. The van der Waals surface area contributed by atoms with Crippen LogP contribution in [-0.4, -0.2) is 10.1 Å². The standard InChI is InChI=1S/C28H35NO2/c1-19(2)16-28(17-20(3)4)15-14-23-24(27(28)30)9-7-11-26(23)31-18-22-13-12-21-8-5-6-10-25(21)29-22/h5-13,19-20,27,30H,14-18H2,1-4H3. The predicted molar refractivity (Wildman–Crippen MR) is 127 cm³/mol. The minimum absolute atomic E-state index is 0.0478. The Bertz CT molecular complexity index is 1030. The monoisotopic (exact) mass is 417 g/mol. The number of hydrogen-bond donors (Lipinski definition) is 1. The van der Waals surface area contributed by atoms with Gasteiger partial charge >= 0.3 is 0 Å². The van der Waals surface area contributed by atoms with Crippen molar-refractivity contribution in [3.8, 4) is 5.75 Å². The van der Waals surface area contributed by atoms with Gasteiger partial charge in [0.1, 0.15) is 12.4 Å². The number of pyridine rings is 1. The summed E-state index contributed by atoms with van der Waals surface area (Å²) in [7, 11) is 0. The highest BCUT2D eigenvalue weighted by atomic mass is 16.5. The molecule has 1 atom stereocenters. The van der Waals surface area contributed by atoms with Crippen LogP contribution < -0.4 is 4.74 Å². The lowest BCUT2D eigenvalue weighted by Crippen LogP contribution is -2.36. The van der Waals surface area contributed by atoms with E-state index in [1.165, 1.54) is 5.56 Å². The van der Waals surface area contributed by atoms with Crippen LogP contribution in [0.3, 0.4) is 0 Å². The fraction of sp³-hybridized carbons (Fsp3) is 0.464. The minimum atomic E-state index is -0.441. The van der Waals surface area contributed by atoms with Gasteiger partial charge in [-0.15, -0.1) is 0 Å². The maximum atomic E-state index is 11.5. The van der Waals surface area contributed by atoms with Gasteiger partial charge in [-0.1, -0.05) is 64.1 Å². The van der Waals surface area contributed by atoms with Gasteiger partial charge in [-0.2, -0.15) is 0 Å². The Kier molecular flexibility index (Phi) is 6.34. The Morgan fingerprint density at radius 3 is 2.45 bits per heavy atom. The van der Waals surface area contributed by atoms with Gasteiger partial charge in [0.05, 0.1) is 17.3 Å². The molecule has 0 amide bonds. The quantitative estimate of drug-likeness (QED) is 0.456. The number of fused-ring (bicyclic) bond motifs is 2. The van der Waals surface area contributed by atoms with Crippen LogP contribution in [-0.2, 0) is 13.0 Å². The van der Waals surface area contributed by atoms with Gasteiger partial charge in [-0.25, -0.2) is 4.98 Å². The molecule has 0 saturated carbocycles. The summed E-state index contributed by atoms with van der Waals surface area (Å²) in [6.07, 6.45) is 3.62. The molecule has 3 heteroatoms. The van der Waals surface area contributed by atoms with Crippen LogP contribution in [0, 0.1) is 17.3 Å². The van der Waals surface area contributed by atoms with E-state index in [2.05, 4.69) is 45.9 Å². The van der Waals surface area contributed by atoms with Crippen molar-refractivity contribution in [3.63, 3.8) is 0 Å². The molecule has 1 aliphatic rings. The van der Waals surface area contributed by atoms with E-state index in [0.717, 1.165) is 53.6 Å². The van der Waals surface area contributed by atoms with Crippen molar-refractivity contribution in [2.24, 2.45) is 17.3 Å². The van der Waals surface area contributed by atoms with E-state index >= 15 is 0 Å². The summed E-state index contributed by atoms with van der Waals surface area (Å²) in [5, 5.41) is 12.7. The van der Waals surface area contributed by atoms with Gasteiger partial charge in [-0.05, 0) is 66.8 Å². The molecule has 0 saturated heterocycles. The van der Waals surface area contributed by atoms with Crippen molar-refractivity contribution in [2.75, 3.05) is 0 Å². The third-order valence-corrected chi connectivity index (χ3v) is 6.58. The molecule has 1 heterocycles. The van der Waals surface area contributed by atoms with E-state index in [1.54, 1.807) is 0 Å². The second kappa shape index (κ2) is 9.00. The molecule has 31 heavy (non-hydrogen) atoms. The van der Waals surface area contributed by atoms with Gasteiger partial charge in [0.15, 0.2) is 0 Å². The predicted octanol–water partition coefficient (Wildman–Crippen LogP) is 6.87. The molecular formula is C28H35NO2. The molecular weight excluding hydrogens is 382 g/mol. The van der Waals surface area contributed by atoms with Crippen LogP contribution in [0.2, 0.25) is 0 Å². The zero-order valence-corrected chi connectivity index (χ0v) is 19.3. The summed E-state index contributed by atoms with van der Waals surface area (Å²) in [4.78, 5) is 4.73. The number of nitrogens with zero attached hydrogens (tertiary/aromatic N) is 1. The second-order valence-electron chi connectivity index (χ2n) is 10.1. The van der Waals surface area contributed by atoms with Crippen LogP contribution in [0.5, 0.6) is 5.75 Å². The molecule has 2 aromatic carbocycles. The molecule has 0 spiro atoms. The number of para-hydroxylation sites is 1. The van der Waals surface area contributed by atoms with Gasteiger partial charge < -0.3 is 9.84 Å². The summed E-state index contributed by atoms with van der Waals surface area (Å²) in [5.74, 6) is 2.01. The first-order chi connectivity index (χ1) is 14.9. The smallest absolute Gasteiger partial charge is 0.130 e. The molecule has 4 rings (SSSR count). The molecule has 164 valence electrons. The van der Waals surface area contributed by atoms with Gasteiger partial charge in [0.25, 0.3) is 0 Å². The maximum Gasteiger partial charge on any atom is 0.130 e. The van der Waals surface area contributed by atoms with Crippen LogP contribution in [0.4, 0.5) is 0 Å². The number of aliphatic hydroxyl groups excluding tert-OH is 1. The summed E-state index contributed by atoms with van der Waals surface area (Å²) < 4.78 is 6.24. The third-order valence-electron chi connectivity index (χ3n) is 6.58. The van der Waals surface area contributed by atoms with Crippen LogP contribution in [0.25, 0.3) is 10.9 Å².